The Morgan fingerprint density at radius 1 is 1.28 bits per heavy atom. The predicted octanol–water partition coefficient (Wildman–Crippen LogP) is 2.93. The molecule has 0 aliphatic rings. The Morgan fingerprint density at radius 2 is 1.94 bits per heavy atom. The largest absolute Gasteiger partial charge is 0.493 e. The molecule has 1 atom stereocenters. The summed E-state index contributed by atoms with van der Waals surface area (Å²) in [5, 5.41) is 2.92. The van der Waals surface area contributed by atoms with E-state index in [4.69, 9.17) is 4.74 Å². The minimum atomic E-state index is 0.0505. The van der Waals surface area contributed by atoms with Gasteiger partial charge in [-0.15, -0.1) is 0 Å². The number of hydrogen-bond acceptors (Lipinski definition) is 2. The number of carbonyl (C=O) groups excluding carboxylic acids is 1. The van der Waals surface area contributed by atoms with Crippen molar-refractivity contribution in [3.63, 3.8) is 0 Å². The van der Waals surface area contributed by atoms with E-state index in [9.17, 15) is 4.79 Å². The highest BCUT2D eigenvalue weighted by Gasteiger charge is 2.05. The molecule has 0 aliphatic carbocycles. The monoisotopic (exact) mass is 249 g/mol. The topological polar surface area (TPSA) is 38.3 Å². The predicted molar refractivity (Wildman–Crippen MR) is 73.8 cm³/mol. The number of ether oxygens (including phenoxy) is 1. The minimum absolute atomic E-state index is 0.0505. The molecule has 0 saturated carbocycles. The second-order valence-corrected chi connectivity index (χ2v) is 4.47. The zero-order chi connectivity index (χ0) is 13.4. The lowest BCUT2D eigenvalue weighted by atomic mass is 10.2. The second-order valence-electron chi connectivity index (χ2n) is 4.47. The fourth-order valence-electron chi connectivity index (χ4n) is 1.53. The molecule has 1 N–H and O–H groups in total. The summed E-state index contributed by atoms with van der Waals surface area (Å²) < 4.78 is 5.53. The van der Waals surface area contributed by atoms with Crippen molar-refractivity contribution in [1.29, 1.82) is 0 Å². The van der Waals surface area contributed by atoms with Gasteiger partial charge in [0.1, 0.15) is 5.75 Å². The van der Waals surface area contributed by atoms with E-state index in [1.165, 1.54) is 5.56 Å². The maximum absolute atomic E-state index is 11.5. The van der Waals surface area contributed by atoms with Gasteiger partial charge in [-0.1, -0.05) is 26.0 Å². The van der Waals surface area contributed by atoms with Crippen molar-refractivity contribution in [2.45, 2.75) is 46.1 Å². The van der Waals surface area contributed by atoms with Crippen molar-refractivity contribution in [1.82, 2.24) is 5.32 Å². The molecule has 0 aliphatic heterocycles. The van der Waals surface area contributed by atoms with Crippen LogP contribution in [-0.4, -0.2) is 18.6 Å². The summed E-state index contributed by atoms with van der Waals surface area (Å²) in [5.74, 6) is 0.873. The van der Waals surface area contributed by atoms with Crippen LogP contribution in [0.25, 0.3) is 0 Å². The molecule has 0 saturated heterocycles. The molecule has 3 heteroatoms. The molecule has 0 radical (unpaired) electrons. The first-order chi connectivity index (χ1) is 8.65. The molecule has 18 heavy (non-hydrogen) atoms. The van der Waals surface area contributed by atoms with Gasteiger partial charge in [0.25, 0.3) is 0 Å². The number of rotatable bonds is 7. The number of aryl methyl sites for hydroxylation is 1. The summed E-state index contributed by atoms with van der Waals surface area (Å²) in [6.45, 7) is 6.60. The molecule has 1 aromatic carbocycles. The van der Waals surface area contributed by atoms with Gasteiger partial charge in [-0.05, 0) is 37.5 Å². The fourth-order valence-corrected chi connectivity index (χ4v) is 1.53. The molecule has 3 nitrogen and oxygen atoms in total. The average Bonchev–Trinajstić information content (AvgIpc) is 2.39. The highest BCUT2D eigenvalue weighted by molar-refractivity contribution is 5.76. The number of hydrogen-bond donors (Lipinski definition) is 1. The molecule has 1 unspecified atom stereocenters. The van der Waals surface area contributed by atoms with Crippen LogP contribution in [0, 0.1) is 0 Å². The lowest BCUT2D eigenvalue weighted by Crippen LogP contribution is -2.32. The molecule has 1 rings (SSSR count). The first-order valence-electron chi connectivity index (χ1n) is 6.66. The van der Waals surface area contributed by atoms with Crippen molar-refractivity contribution < 1.29 is 9.53 Å². The Morgan fingerprint density at radius 3 is 2.50 bits per heavy atom. The van der Waals surface area contributed by atoms with E-state index in [1.807, 2.05) is 19.1 Å². The third kappa shape index (κ3) is 5.21. The smallest absolute Gasteiger partial charge is 0.223 e. The Labute approximate surface area is 110 Å². The van der Waals surface area contributed by atoms with Crippen LogP contribution in [0.3, 0.4) is 0 Å². The molecular formula is C15H23NO2. The second kappa shape index (κ2) is 7.75. The summed E-state index contributed by atoms with van der Waals surface area (Å²) >= 11 is 0. The van der Waals surface area contributed by atoms with Crippen molar-refractivity contribution in [2.24, 2.45) is 0 Å². The van der Waals surface area contributed by atoms with Gasteiger partial charge in [0.05, 0.1) is 13.0 Å². The summed E-state index contributed by atoms with van der Waals surface area (Å²) in [6.07, 6.45) is 2.38. The van der Waals surface area contributed by atoms with Gasteiger partial charge in [0.2, 0.25) is 5.91 Å². The number of benzene rings is 1. The van der Waals surface area contributed by atoms with Gasteiger partial charge in [-0.25, -0.2) is 0 Å². The number of carbonyl (C=O) groups is 1. The van der Waals surface area contributed by atoms with Crippen LogP contribution < -0.4 is 10.1 Å². The quantitative estimate of drug-likeness (QED) is 0.807. The average molecular weight is 249 g/mol. The van der Waals surface area contributed by atoms with Crippen molar-refractivity contribution >= 4 is 5.91 Å². The number of nitrogens with one attached hydrogen (secondary N) is 1. The van der Waals surface area contributed by atoms with E-state index < -0.39 is 0 Å². The van der Waals surface area contributed by atoms with Gasteiger partial charge in [-0.2, -0.15) is 0 Å². The molecule has 0 fully saturated rings. The molecule has 0 aromatic heterocycles. The van der Waals surface area contributed by atoms with Crippen LogP contribution in [0.5, 0.6) is 5.75 Å². The summed E-state index contributed by atoms with van der Waals surface area (Å²) in [6, 6.07) is 8.24. The van der Waals surface area contributed by atoms with Crippen LogP contribution in [-0.2, 0) is 11.2 Å². The van der Waals surface area contributed by atoms with Gasteiger partial charge < -0.3 is 10.1 Å². The maximum Gasteiger partial charge on any atom is 0.223 e. The molecule has 0 heterocycles. The molecule has 1 amide bonds. The maximum atomic E-state index is 11.5. The lowest BCUT2D eigenvalue weighted by Gasteiger charge is -2.11. The summed E-state index contributed by atoms with van der Waals surface area (Å²) in [5.41, 5.74) is 1.29. The molecule has 1 aromatic rings. The van der Waals surface area contributed by atoms with Crippen LogP contribution in [0.15, 0.2) is 24.3 Å². The molecule has 0 spiro atoms. The van der Waals surface area contributed by atoms with Gasteiger partial charge in [0, 0.05) is 6.04 Å². The zero-order valence-electron chi connectivity index (χ0n) is 11.5. The summed E-state index contributed by atoms with van der Waals surface area (Å²) in [7, 11) is 0. The molecule has 100 valence electrons. The third-order valence-electron chi connectivity index (χ3n) is 2.95. The van der Waals surface area contributed by atoms with Crippen molar-refractivity contribution in [3.05, 3.63) is 29.8 Å². The standard InChI is InChI=1S/C15H23NO2/c1-4-12(3)16-15(17)10-11-18-14-8-6-13(5-2)7-9-14/h6-9,12H,4-5,10-11H2,1-3H3,(H,16,17). The Kier molecular flexibility index (Phi) is 6.26. The van der Waals surface area contributed by atoms with E-state index in [1.54, 1.807) is 0 Å². The third-order valence-corrected chi connectivity index (χ3v) is 2.95. The van der Waals surface area contributed by atoms with Gasteiger partial charge in [0.15, 0.2) is 0 Å². The van der Waals surface area contributed by atoms with Crippen LogP contribution in [0.4, 0.5) is 0 Å². The van der Waals surface area contributed by atoms with Crippen molar-refractivity contribution in [2.75, 3.05) is 6.61 Å². The summed E-state index contributed by atoms with van der Waals surface area (Å²) in [4.78, 5) is 11.5. The normalized spacial score (nSPS) is 11.9. The van der Waals surface area contributed by atoms with E-state index >= 15 is 0 Å². The van der Waals surface area contributed by atoms with Gasteiger partial charge in [-0.3, -0.25) is 4.79 Å². The number of amides is 1. The Balaban J connectivity index is 2.26. The van der Waals surface area contributed by atoms with E-state index in [0.29, 0.717) is 13.0 Å². The minimum Gasteiger partial charge on any atom is -0.493 e. The zero-order valence-corrected chi connectivity index (χ0v) is 11.5. The van der Waals surface area contributed by atoms with E-state index in [2.05, 4.69) is 31.3 Å². The van der Waals surface area contributed by atoms with Gasteiger partial charge >= 0.3 is 0 Å². The van der Waals surface area contributed by atoms with Crippen molar-refractivity contribution in [3.8, 4) is 5.75 Å². The molecule has 0 bridgehead atoms. The Bertz CT molecular complexity index is 359. The highest BCUT2D eigenvalue weighted by Crippen LogP contribution is 2.12. The lowest BCUT2D eigenvalue weighted by molar-refractivity contribution is -0.122. The SMILES string of the molecule is CCc1ccc(OCCC(=O)NC(C)CC)cc1. The van der Waals surface area contributed by atoms with E-state index in [0.717, 1.165) is 18.6 Å². The fraction of sp³-hybridized carbons (Fsp3) is 0.533. The Hall–Kier alpha value is -1.51. The van der Waals surface area contributed by atoms with E-state index in [-0.39, 0.29) is 11.9 Å². The first kappa shape index (κ1) is 14.6. The van der Waals surface area contributed by atoms with Crippen LogP contribution in [0.1, 0.15) is 39.2 Å². The first-order valence-corrected chi connectivity index (χ1v) is 6.66. The van der Waals surface area contributed by atoms with Crippen LogP contribution >= 0.6 is 0 Å². The molecular weight excluding hydrogens is 226 g/mol. The van der Waals surface area contributed by atoms with Crippen LogP contribution in [0.2, 0.25) is 0 Å². The highest BCUT2D eigenvalue weighted by atomic mass is 16.5.